The van der Waals surface area contributed by atoms with E-state index in [0.717, 1.165) is 12.8 Å². The molecule has 1 aromatic rings. The van der Waals surface area contributed by atoms with E-state index in [2.05, 4.69) is 0 Å². The number of benzene rings is 1. The van der Waals surface area contributed by atoms with Gasteiger partial charge >= 0.3 is 0 Å². The molecule has 0 saturated carbocycles. The first-order valence-corrected chi connectivity index (χ1v) is 9.95. The Bertz CT molecular complexity index is 705. The second-order valence-electron chi connectivity index (χ2n) is 6.14. The van der Waals surface area contributed by atoms with Crippen LogP contribution in [0.25, 0.3) is 0 Å². The van der Waals surface area contributed by atoms with Gasteiger partial charge in [0.05, 0.1) is 15.8 Å². The molecule has 0 aromatic heterocycles. The van der Waals surface area contributed by atoms with E-state index in [1.165, 1.54) is 6.26 Å². The molecule has 0 spiro atoms. The van der Waals surface area contributed by atoms with Crippen molar-refractivity contribution >= 4 is 38.9 Å². The minimum absolute atomic E-state index is 0.0160. The molecule has 4 nitrogen and oxygen atoms in total. The predicted octanol–water partition coefficient (Wildman–Crippen LogP) is 3.17. The van der Waals surface area contributed by atoms with Crippen LogP contribution >= 0.6 is 23.2 Å². The standard InChI is InChI=1S/C15H17Cl2NO3S/c1-22(20,21)12-7-10-3-4-11(8-12)18(10)15(19)13-5-2-9(16)6-14(13)17/h2,5-6,10-12H,3-4,7-8H2,1H3. The van der Waals surface area contributed by atoms with Gasteiger partial charge in [0.2, 0.25) is 0 Å². The van der Waals surface area contributed by atoms with Gasteiger partial charge in [-0.1, -0.05) is 23.2 Å². The fourth-order valence-electron chi connectivity index (χ4n) is 3.61. The Morgan fingerprint density at radius 3 is 2.27 bits per heavy atom. The third-order valence-corrected chi connectivity index (χ3v) is 6.84. The zero-order valence-corrected chi connectivity index (χ0v) is 14.5. The highest BCUT2D eigenvalue weighted by molar-refractivity contribution is 7.91. The highest BCUT2D eigenvalue weighted by Gasteiger charge is 2.46. The first kappa shape index (κ1) is 16.1. The van der Waals surface area contributed by atoms with Crippen LogP contribution in [0.15, 0.2) is 18.2 Å². The summed E-state index contributed by atoms with van der Waals surface area (Å²) in [7, 11) is -3.06. The zero-order chi connectivity index (χ0) is 16.1. The third-order valence-electron chi connectivity index (χ3n) is 4.69. The Morgan fingerprint density at radius 1 is 1.18 bits per heavy atom. The normalized spacial score (nSPS) is 28.0. The largest absolute Gasteiger partial charge is 0.333 e. The first-order valence-electron chi connectivity index (χ1n) is 7.24. The molecule has 2 aliphatic rings. The van der Waals surface area contributed by atoms with Crippen LogP contribution in [0, 0.1) is 0 Å². The quantitative estimate of drug-likeness (QED) is 0.812. The molecule has 22 heavy (non-hydrogen) atoms. The molecular weight excluding hydrogens is 345 g/mol. The monoisotopic (exact) mass is 361 g/mol. The fraction of sp³-hybridized carbons (Fsp3) is 0.533. The van der Waals surface area contributed by atoms with Gasteiger partial charge in [-0.3, -0.25) is 4.79 Å². The SMILES string of the molecule is CS(=O)(=O)C1CC2CCC(C1)N2C(=O)c1ccc(Cl)cc1Cl. The maximum Gasteiger partial charge on any atom is 0.255 e. The van der Waals surface area contributed by atoms with Crippen LogP contribution in [0.1, 0.15) is 36.0 Å². The smallest absolute Gasteiger partial charge is 0.255 e. The van der Waals surface area contributed by atoms with Gasteiger partial charge in [0, 0.05) is 23.4 Å². The van der Waals surface area contributed by atoms with Crippen molar-refractivity contribution < 1.29 is 13.2 Å². The van der Waals surface area contributed by atoms with Crippen LogP contribution in [0.3, 0.4) is 0 Å². The molecule has 1 aromatic carbocycles. The van der Waals surface area contributed by atoms with Gasteiger partial charge in [0.25, 0.3) is 5.91 Å². The lowest BCUT2D eigenvalue weighted by atomic mass is 10.0. The molecule has 120 valence electrons. The maximum absolute atomic E-state index is 12.8. The Balaban J connectivity index is 1.86. The molecular formula is C15H17Cl2NO3S. The summed E-state index contributed by atoms with van der Waals surface area (Å²) in [5.74, 6) is -0.124. The second kappa shape index (κ2) is 5.69. The van der Waals surface area contributed by atoms with Crippen LogP contribution in [0.2, 0.25) is 10.0 Å². The van der Waals surface area contributed by atoms with Gasteiger partial charge < -0.3 is 4.90 Å². The van der Waals surface area contributed by atoms with E-state index < -0.39 is 9.84 Å². The lowest BCUT2D eigenvalue weighted by Crippen LogP contribution is -2.49. The van der Waals surface area contributed by atoms with Crippen LogP contribution < -0.4 is 0 Å². The highest BCUT2D eigenvalue weighted by Crippen LogP contribution is 2.39. The molecule has 2 atom stereocenters. The number of sulfone groups is 1. The fourth-order valence-corrected chi connectivity index (χ4v) is 5.24. The highest BCUT2D eigenvalue weighted by atomic mass is 35.5. The van der Waals surface area contributed by atoms with E-state index in [1.807, 2.05) is 4.90 Å². The average molecular weight is 362 g/mol. The molecule has 0 N–H and O–H groups in total. The Morgan fingerprint density at radius 2 is 1.77 bits per heavy atom. The van der Waals surface area contributed by atoms with Crippen LogP contribution in [0.5, 0.6) is 0 Å². The minimum Gasteiger partial charge on any atom is -0.333 e. The molecule has 1 amide bonds. The van der Waals surface area contributed by atoms with Crippen LogP contribution in [-0.4, -0.2) is 42.8 Å². The van der Waals surface area contributed by atoms with Crippen LogP contribution in [-0.2, 0) is 9.84 Å². The van der Waals surface area contributed by atoms with Crippen molar-refractivity contribution in [2.24, 2.45) is 0 Å². The van der Waals surface area contributed by atoms with Gasteiger partial charge in [-0.05, 0) is 43.9 Å². The summed E-state index contributed by atoms with van der Waals surface area (Å²) in [6.07, 6.45) is 4.03. The van der Waals surface area contributed by atoms with Gasteiger partial charge in [-0.25, -0.2) is 8.42 Å². The lowest BCUT2D eigenvalue weighted by molar-refractivity contribution is 0.0598. The molecule has 2 fully saturated rings. The topological polar surface area (TPSA) is 54.5 Å². The summed E-state index contributed by atoms with van der Waals surface area (Å²) < 4.78 is 23.6. The van der Waals surface area contributed by atoms with E-state index in [0.29, 0.717) is 28.5 Å². The number of fused-ring (bicyclic) bond motifs is 2. The summed E-state index contributed by atoms with van der Waals surface area (Å²) in [4.78, 5) is 14.6. The molecule has 2 heterocycles. The van der Waals surface area contributed by atoms with Crippen LogP contribution in [0.4, 0.5) is 0 Å². The Labute approximate surface area is 140 Å². The molecule has 2 unspecified atom stereocenters. The Kier molecular flexibility index (Phi) is 4.16. The summed E-state index contributed by atoms with van der Waals surface area (Å²) in [5, 5.41) is 0.484. The molecule has 0 radical (unpaired) electrons. The summed E-state index contributed by atoms with van der Waals surface area (Å²) in [5.41, 5.74) is 0.431. The molecule has 2 saturated heterocycles. The van der Waals surface area contributed by atoms with E-state index in [4.69, 9.17) is 23.2 Å². The van der Waals surface area contributed by atoms with E-state index in [9.17, 15) is 13.2 Å². The van der Waals surface area contributed by atoms with Crippen molar-refractivity contribution in [2.75, 3.05) is 6.26 Å². The minimum atomic E-state index is -3.06. The van der Waals surface area contributed by atoms with Gasteiger partial charge in [-0.2, -0.15) is 0 Å². The average Bonchev–Trinajstić information content (AvgIpc) is 2.67. The number of piperidine rings is 1. The summed E-state index contributed by atoms with van der Waals surface area (Å²) in [6, 6.07) is 4.80. The van der Waals surface area contributed by atoms with Gasteiger partial charge in [0.15, 0.2) is 0 Å². The lowest BCUT2D eigenvalue weighted by Gasteiger charge is -2.38. The number of hydrogen-bond donors (Lipinski definition) is 0. The summed E-state index contributed by atoms with van der Waals surface area (Å²) in [6.45, 7) is 0. The number of rotatable bonds is 2. The Hall–Kier alpha value is -0.780. The van der Waals surface area contributed by atoms with Crippen molar-refractivity contribution in [3.63, 3.8) is 0 Å². The molecule has 2 aliphatic heterocycles. The number of hydrogen-bond acceptors (Lipinski definition) is 3. The van der Waals surface area contributed by atoms with Crippen molar-refractivity contribution in [1.82, 2.24) is 4.90 Å². The first-order chi connectivity index (χ1) is 10.3. The molecule has 7 heteroatoms. The molecule has 3 rings (SSSR count). The predicted molar refractivity (Wildman–Crippen MR) is 87.3 cm³/mol. The van der Waals surface area contributed by atoms with Crippen molar-refractivity contribution in [3.8, 4) is 0 Å². The second-order valence-corrected chi connectivity index (χ2v) is 9.31. The van der Waals surface area contributed by atoms with Gasteiger partial charge in [-0.15, -0.1) is 0 Å². The number of nitrogens with zero attached hydrogens (tertiary/aromatic N) is 1. The van der Waals surface area contributed by atoms with E-state index in [1.54, 1.807) is 18.2 Å². The van der Waals surface area contributed by atoms with Crippen molar-refractivity contribution in [3.05, 3.63) is 33.8 Å². The van der Waals surface area contributed by atoms with E-state index in [-0.39, 0.29) is 23.2 Å². The number of halogens is 2. The molecule has 0 aliphatic carbocycles. The number of carbonyl (C=O) groups is 1. The maximum atomic E-state index is 12.8. The van der Waals surface area contributed by atoms with Gasteiger partial charge in [0.1, 0.15) is 9.84 Å². The zero-order valence-electron chi connectivity index (χ0n) is 12.1. The number of carbonyl (C=O) groups excluding carboxylic acids is 1. The molecule has 2 bridgehead atoms. The summed E-state index contributed by atoms with van der Waals surface area (Å²) >= 11 is 12.0. The van der Waals surface area contributed by atoms with Crippen molar-refractivity contribution in [1.29, 1.82) is 0 Å². The van der Waals surface area contributed by atoms with Crippen molar-refractivity contribution in [2.45, 2.75) is 43.0 Å². The van der Waals surface area contributed by atoms with E-state index >= 15 is 0 Å². The number of amides is 1. The third kappa shape index (κ3) is 2.86.